The van der Waals surface area contributed by atoms with Gasteiger partial charge in [0.1, 0.15) is 11.6 Å². The summed E-state index contributed by atoms with van der Waals surface area (Å²) in [7, 11) is 0. The fourth-order valence-electron chi connectivity index (χ4n) is 5.43. The Kier molecular flexibility index (Phi) is 4.48. The Morgan fingerprint density at radius 3 is 2.31 bits per heavy atom. The zero-order valence-electron chi connectivity index (χ0n) is 20.7. The fraction of sp³-hybridized carbons (Fsp3) is 0.0323. The van der Waals surface area contributed by atoms with Gasteiger partial charge in [0.25, 0.3) is 0 Å². The quantitative estimate of drug-likeness (QED) is 0.236. The maximum atomic E-state index is 15.6. The molecule has 7 nitrogen and oxygen atoms in total. The van der Waals surface area contributed by atoms with Crippen molar-refractivity contribution in [1.82, 2.24) is 29.1 Å². The number of aromatic nitrogens is 6. The summed E-state index contributed by atoms with van der Waals surface area (Å²) >= 11 is 0. The van der Waals surface area contributed by atoms with Crippen LogP contribution in [0.3, 0.4) is 0 Å². The smallest absolute Gasteiger partial charge is 0.221 e. The van der Waals surface area contributed by atoms with Crippen molar-refractivity contribution in [2.45, 2.75) is 6.92 Å². The van der Waals surface area contributed by atoms with E-state index in [2.05, 4.69) is 30.7 Å². The molecular formula is C31H19FN6O. The van der Waals surface area contributed by atoms with E-state index in [9.17, 15) is 0 Å². The van der Waals surface area contributed by atoms with Crippen LogP contribution >= 0.6 is 0 Å². The molecule has 0 bridgehead atoms. The van der Waals surface area contributed by atoms with Crippen molar-refractivity contribution in [3.63, 3.8) is 0 Å². The van der Waals surface area contributed by atoms with E-state index in [0.717, 1.165) is 49.3 Å². The van der Waals surface area contributed by atoms with Gasteiger partial charge >= 0.3 is 0 Å². The number of pyridine rings is 3. The van der Waals surface area contributed by atoms with E-state index in [1.165, 1.54) is 6.07 Å². The Balaban J connectivity index is 1.33. The molecule has 8 heteroatoms. The summed E-state index contributed by atoms with van der Waals surface area (Å²) in [5.74, 6) is 1.26. The van der Waals surface area contributed by atoms with E-state index in [1.54, 1.807) is 23.0 Å². The Bertz CT molecular complexity index is 2240. The van der Waals surface area contributed by atoms with Crippen LogP contribution in [0.25, 0.3) is 54.9 Å². The molecule has 0 saturated heterocycles. The molecule has 0 aliphatic carbocycles. The van der Waals surface area contributed by atoms with Crippen LogP contribution < -0.4 is 4.74 Å². The summed E-state index contributed by atoms with van der Waals surface area (Å²) in [6.45, 7) is 1.84. The number of halogens is 1. The average Bonchev–Trinajstić information content (AvgIpc) is 3.52. The molecule has 0 atom stereocenters. The first-order valence-corrected chi connectivity index (χ1v) is 12.5. The number of benzene rings is 3. The number of aryl methyl sites for hydroxylation is 1. The van der Waals surface area contributed by atoms with Crippen LogP contribution in [0.15, 0.2) is 97.3 Å². The zero-order valence-corrected chi connectivity index (χ0v) is 20.7. The highest BCUT2D eigenvalue weighted by molar-refractivity contribution is 6.12. The normalized spacial score (nSPS) is 11.8. The molecule has 0 aliphatic heterocycles. The topological polar surface area (TPSA) is 70.1 Å². The third-order valence-electron chi connectivity index (χ3n) is 7.07. The summed E-state index contributed by atoms with van der Waals surface area (Å²) in [6, 6.07) is 26.7. The van der Waals surface area contributed by atoms with Crippen LogP contribution in [0.1, 0.15) is 5.82 Å². The van der Waals surface area contributed by atoms with Crippen molar-refractivity contribution in [3.05, 3.63) is 109 Å². The van der Waals surface area contributed by atoms with Crippen LogP contribution in [-0.4, -0.2) is 29.1 Å². The lowest BCUT2D eigenvalue weighted by atomic mass is 10.1. The molecule has 0 fully saturated rings. The van der Waals surface area contributed by atoms with Gasteiger partial charge in [0.15, 0.2) is 17.2 Å². The van der Waals surface area contributed by atoms with E-state index >= 15 is 4.39 Å². The van der Waals surface area contributed by atoms with Gasteiger partial charge in [-0.15, -0.1) is 0 Å². The Hall–Kier alpha value is -5.37. The average molecular weight is 511 g/mol. The lowest BCUT2D eigenvalue weighted by molar-refractivity contribution is 0.429. The number of hydrogen-bond acceptors (Lipinski definition) is 5. The van der Waals surface area contributed by atoms with E-state index in [0.29, 0.717) is 11.5 Å². The molecule has 0 aliphatic rings. The fourth-order valence-corrected chi connectivity index (χ4v) is 5.43. The Labute approximate surface area is 220 Å². The first kappa shape index (κ1) is 21.7. The van der Waals surface area contributed by atoms with Gasteiger partial charge in [0.05, 0.1) is 16.6 Å². The van der Waals surface area contributed by atoms with Crippen molar-refractivity contribution in [2.75, 3.05) is 0 Å². The van der Waals surface area contributed by atoms with Crippen LogP contribution in [0, 0.1) is 12.7 Å². The first-order valence-electron chi connectivity index (χ1n) is 12.5. The standard InChI is InChI=1S/C31H19FN6O/c1-18-35-31-22-15-28(24(32)14-21(22)19-8-3-5-11-26(19)38(31)36-18)39-30-16-27-23(17-34-30)20-9-2-4-10-25(20)37(27)29-12-6-7-13-33-29/h2-17H,1H3. The van der Waals surface area contributed by atoms with Crippen LogP contribution in [-0.2, 0) is 0 Å². The number of fused-ring (bicyclic) bond motifs is 9. The van der Waals surface area contributed by atoms with Gasteiger partial charge in [-0.25, -0.2) is 23.9 Å². The zero-order chi connectivity index (χ0) is 26.1. The van der Waals surface area contributed by atoms with Crippen molar-refractivity contribution < 1.29 is 9.13 Å². The van der Waals surface area contributed by atoms with Crippen LogP contribution in [0.5, 0.6) is 11.6 Å². The lowest BCUT2D eigenvalue weighted by Gasteiger charge is -2.11. The van der Waals surface area contributed by atoms with Crippen molar-refractivity contribution in [2.24, 2.45) is 0 Å². The lowest BCUT2D eigenvalue weighted by Crippen LogP contribution is -1.98. The predicted octanol–water partition coefficient (Wildman–Crippen LogP) is 7.16. The molecule has 0 radical (unpaired) electrons. The third-order valence-corrected chi connectivity index (χ3v) is 7.07. The molecule has 3 aromatic carbocycles. The van der Waals surface area contributed by atoms with Gasteiger partial charge in [0.2, 0.25) is 5.88 Å². The largest absolute Gasteiger partial charge is 0.436 e. The van der Waals surface area contributed by atoms with Crippen molar-refractivity contribution in [3.8, 4) is 17.4 Å². The number of para-hydroxylation sites is 2. The molecule has 8 rings (SSSR count). The maximum Gasteiger partial charge on any atom is 0.221 e. The van der Waals surface area contributed by atoms with Gasteiger partial charge < -0.3 is 4.74 Å². The monoisotopic (exact) mass is 510 g/mol. The number of hydrogen-bond donors (Lipinski definition) is 0. The van der Waals surface area contributed by atoms with E-state index in [1.807, 2.05) is 73.7 Å². The molecule has 0 N–H and O–H groups in total. The second kappa shape index (κ2) is 8.06. The molecular weight excluding hydrogens is 491 g/mol. The molecule has 5 aromatic heterocycles. The number of nitrogens with zero attached hydrogens (tertiary/aromatic N) is 6. The minimum Gasteiger partial charge on any atom is -0.436 e. The van der Waals surface area contributed by atoms with Crippen molar-refractivity contribution in [1.29, 1.82) is 0 Å². The Morgan fingerprint density at radius 2 is 1.49 bits per heavy atom. The summed E-state index contributed by atoms with van der Waals surface area (Å²) < 4.78 is 25.5. The highest BCUT2D eigenvalue weighted by Gasteiger charge is 2.18. The highest BCUT2D eigenvalue weighted by Crippen LogP contribution is 2.37. The van der Waals surface area contributed by atoms with E-state index in [-0.39, 0.29) is 11.6 Å². The maximum absolute atomic E-state index is 15.6. The van der Waals surface area contributed by atoms with Crippen LogP contribution in [0.4, 0.5) is 4.39 Å². The SMILES string of the molecule is Cc1nc2c3cc(Oc4cc5c(cn4)c4ccccc4n5-c4ccccn4)c(F)cc3c3ccccc3n2n1. The van der Waals surface area contributed by atoms with Crippen LogP contribution in [0.2, 0.25) is 0 Å². The Morgan fingerprint density at radius 1 is 0.718 bits per heavy atom. The molecule has 0 unspecified atom stereocenters. The summed E-state index contributed by atoms with van der Waals surface area (Å²) in [5, 5.41) is 8.94. The minimum atomic E-state index is -0.486. The molecule has 8 aromatic rings. The molecule has 0 spiro atoms. The van der Waals surface area contributed by atoms with Crippen molar-refractivity contribution >= 4 is 49.1 Å². The van der Waals surface area contributed by atoms with Gasteiger partial charge in [-0.3, -0.25) is 4.57 Å². The molecule has 5 heterocycles. The predicted molar refractivity (Wildman–Crippen MR) is 149 cm³/mol. The number of rotatable bonds is 3. The van der Waals surface area contributed by atoms with Gasteiger partial charge in [-0.2, -0.15) is 5.10 Å². The third kappa shape index (κ3) is 3.21. The molecule has 39 heavy (non-hydrogen) atoms. The number of ether oxygens (including phenoxy) is 1. The van der Waals surface area contributed by atoms with Gasteiger partial charge in [-0.05, 0) is 48.7 Å². The summed E-state index contributed by atoms with van der Waals surface area (Å²) in [6.07, 6.45) is 3.52. The summed E-state index contributed by atoms with van der Waals surface area (Å²) in [4.78, 5) is 13.7. The minimum absolute atomic E-state index is 0.0627. The second-order valence-electron chi connectivity index (χ2n) is 9.42. The van der Waals surface area contributed by atoms with Gasteiger partial charge in [-0.1, -0.05) is 42.5 Å². The molecule has 0 saturated carbocycles. The summed E-state index contributed by atoms with van der Waals surface area (Å²) in [5.41, 5.74) is 3.37. The molecule has 186 valence electrons. The van der Waals surface area contributed by atoms with Gasteiger partial charge in [0, 0.05) is 40.0 Å². The highest BCUT2D eigenvalue weighted by atomic mass is 19.1. The second-order valence-corrected chi connectivity index (χ2v) is 9.42. The molecule has 0 amide bonds. The van der Waals surface area contributed by atoms with E-state index in [4.69, 9.17) is 4.74 Å². The first-order chi connectivity index (χ1) is 19.2. The van der Waals surface area contributed by atoms with E-state index < -0.39 is 5.82 Å².